The molecule has 0 aromatic rings. The van der Waals surface area contributed by atoms with Crippen LogP contribution in [-0.4, -0.2) is 25.2 Å². The molecule has 1 aliphatic heterocycles. The van der Waals surface area contributed by atoms with Gasteiger partial charge in [0.1, 0.15) is 0 Å². The quantitative estimate of drug-likeness (QED) is 0.411. The molecule has 1 saturated heterocycles. The van der Waals surface area contributed by atoms with Crippen molar-refractivity contribution in [1.29, 1.82) is 0 Å². The van der Waals surface area contributed by atoms with Crippen LogP contribution in [0.5, 0.6) is 0 Å². The molecule has 0 unspecified atom stereocenters. The van der Waals surface area contributed by atoms with Crippen molar-refractivity contribution < 1.29 is 19.1 Å². The highest BCUT2D eigenvalue weighted by molar-refractivity contribution is 7.59. The number of ether oxygens (including phenoxy) is 2. The van der Waals surface area contributed by atoms with Gasteiger partial charge >= 0.3 is 11.9 Å². The van der Waals surface area contributed by atoms with Crippen LogP contribution < -0.4 is 0 Å². The fraction of sp³-hybridized carbons (Fsp3) is 0.714. The number of carbonyl (C=O) groups excluding carboxylic acids is 2. The first-order valence-corrected chi connectivity index (χ1v) is 3.64. The minimum atomic E-state index is -0.869. The van der Waals surface area contributed by atoms with E-state index in [4.69, 9.17) is 0 Å². The molecule has 0 aromatic heterocycles. The summed E-state index contributed by atoms with van der Waals surface area (Å²) < 4.78 is 9.12. The van der Waals surface area contributed by atoms with Gasteiger partial charge in [0.2, 0.25) is 0 Å². The van der Waals surface area contributed by atoms with Gasteiger partial charge in [0.25, 0.3) is 0 Å². The Kier molecular flexibility index (Phi) is 5.53. The Labute approximate surface area is 77.7 Å². The van der Waals surface area contributed by atoms with E-state index in [1.54, 1.807) is 0 Å². The molecule has 70 valence electrons. The Morgan fingerprint density at radius 2 is 1.25 bits per heavy atom. The first kappa shape index (κ1) is 11.3. The minimum Gasteiger partial charge on any atom is -0.457 e. The predicted molar refractivity (Wildman–Crippen MR) is 46.2 cm³/mol. The highest BCUT2D eigenvalue weighted by atomic mass is 32.1. The predicted octanol–water partition coefficient (Wildman–Crippen LogP) is 0.369. The number of carbonyl (C=O) groups is 2. The van der Waals surface area contributed by atoms with Gasteiger partial charge in [-0.15, -0.1) is 0 Å². The second-order valence-electron chi connectivity index (χ2n) is 2.33. The van der Waals surface area contributed by atoms with E-state index in [-0.39, 0.29) is 13.5 Å². The molecular weight excluding hydrogens is 180 g/mol. The molecule has 0 aliphatic carbocycles. The summed E-state index contributed by atoms with van der Waals surface area (Å²) in [5.41, 5.74) is 0. The molecule has 0 atom stereocenters. The summed E-state index contributed by atoms with van der Waals surface area (Å²) in [7, 11) is 0. The van der Waals surface area contributed by atoms with Crippen molar-refractivity contribution >= 4 is 25.4 Å². The third kappa shape index (κ3) is 3.61. The molecule has 0 aromatic carbocycles. The van der Waals surface area contributed by atoms with Gasteiger partial charge in [-0.1, -0.05) is 0 Å². The van der Waals surface area contributed by atoms with Gasteiger partial charge in [-0.05, 0) is 19.3 Å². The molecule has 0 saturated carbocycles. The Hall–Kier alpha value is -0.710. The minimum absolute atomic E-state index is 0. The van der Waals surface area contributed by atoms with E-state index in [1.165, 1.54) is 0 Å². The SMILES string of the molecule is O=C1OCCCCCOC1=O.S. The summed E-state index contributed by atoms with van der Waals surface area (Å²) in [5.74, 6) is -1.74. The highest BCUT2D eigenvalue weighted by Gasteiger charge is 2.17. The maximum Gasteiger partial charge on any atom is 0.417 e. The van der Waals surface area contributed by atoms with Crippen molar-refractivity contribution in [1.82, 2.24) is 0 Å². The zero-order valence-electron chi connectivity index (χ0n) is 6.67. The van der Waals surface area contributed by atoms with Gasteiger partial charge in [-0.25, -0.2) is 9.59 Å². The summed E-state index contributed by atoms with van der Waals surface area (Å²) >= 11 is 0. The Bertz CT molecular complexity index is 151. The zero-order chi connectivity index (χ0) is 8.10. The van der Waals surface area contributed by atoms with Gasteiger partial charge in [0.15, 0.2) is 0 Å². The molecule has 4 nitrogen and oxygen atoms in total. The summed E-state index contributed by atoms with van der Waals surface area (Å²) in [6.45, 7) is 0.655. The molecule has 1 fully saturated rings. The van der Waals surface area contributed by atoms with Crippen molar-refractivity contribution in [3.8, 4) is 0 Å². The lowest BCUT2D eigenvalue weighted by molar-refractivity contribution is -0.167. The van der Waals surface area contributed by atoms with E-state index in [2.05, 4.69) is 9.47 Å². The van der Waals surface area contributed by atoms with Crippen LogP contribution in [0.15, 0.2) is 0 Å². The molecule has 0 spiro atoms. The molecule has 0 radical (unpaired) electrons. The third-order valence-corrected chi connectivity index (χ3v) is 1.42. The summed E-state index contributed by atoms with van der Waals surface area (Å²) in [6.07, 6.45) is 2.55. The molecule has 1 aliphatic rings. The van der Waals surface area contributed by atoms with Crippen LogP contribution in [0.3, 0.4) is 0 Å². The molecule has 0 N–H and O–H groups in total. The molecule has 0 amide bonds. The maximum atomic E-state index is 10.6. The molecule has 1 heterocycles. The zero-order valence-corrected chi connectivity index (χ0v) is 7.67. The first-order valence-electron chi connectivity index (χ1n) is 3.64. The van der Waals surface area contributed by atoms with Gasteiger partial charge in [-0.3, -0.25) is 0 Å². The standard InChI is InChI=1S/C7H10O4.H2S/c8-6-7(9)11-5-3-1-2-4-10-6;/h1-5H2;1H2. The van der Waals surface area contributed by atoms with E-state index >= 15 is 0 Å². The fourth-order valence-corrected chi connectivity index (χ4v) is 0.828. The van der Waals surface area contributed by atoms with Crippen LogP contribution in [-0.2, 0) is 19.1 Å². The lowest BCUT2D eigenvalue weighted by Gasteiger charge is -1.99. The van der Waals surface area contributed by atoms with E-state index in [9.17, 15) is 9.59 Å². The average molecular weight is 192 g/mol. The number of hydrogen-bond donors (Lipinski definition) is 0. The van der Waals surface area contributed by atoms with Gasteiger partial charge in [0.05, 0.1) is 13.2 Å². The monoisotopic (exact) mass is 192 g/mol. The first-order chi connectivity index (χ1) is 5.30. The third-order valence-electron chi connectivity index (χ3n) is 1.42. The summed E-state index contributed by atoms with van der Waals surface area (Å²) in [5, 5.41) is 0. The number of hydrogen-bond acceptors (Lipinski definition) is 4. The van der Waals surface area contributed by atoms with Crippen molar-refractivity contribution in [2.45, 2.75) is 19.3 Å². The van der Waals surface area contributed by atoms with Crippen LogP contribution in [0.1, 0.15) is 19.3 Å². The van der Waals surface area contributed by atoms with Crippen LogP contribution >= 0.6 is 13.5 Å². The van der Waals surface area contributed by atoms with Crippen LogP contribution in [0, 0.1) is 0 Å². The van der Waals surface area contributed by atoms with E-state index in [1.807, 2.05) is 0 Å². The van der Waals surface area contributed by atoms with Crippen molar-refractivity contribution in [2.75, 3.05) is 13.2 Å². The van der Waals surface area contributed by atoms with Gasteiger partial charge in [-0.2, -0.15) is 13.5 Å². The molecule has 1 rings (SSSR count). The largest absolute Gasteiger partial charge is 0.457 e. The molecular formula is C7H12O4S. The lowest BCUT2D eigenvalue weighted by atomic mass is 10.2. The Morgan fingerprint density at radius 3 is 1.67 bits per heavy atom. The second kappa shape index (κ2) is 5.88. The highest BCUT2D eigenvalue weighted by Crippen LogP contribution is 2.00. The number of cyclic esters (lactones) is 2. The summed E-state index contributed by atoms with van der Waals surface area (Å²) in [4.78, 5) is 21.2. The second-order valence-corrected chi connectivity index (χ2v) is 2.33. The van der Waals surface area contributed by atoms with Crippen LogP contribution in [0.4, 0.5) is 0 Å². The fourth-order valence-electron chi connectivity index (χ4n) is 0.828. The summed E-state index contributed by atoms with van der Waals surface area (Å²) in [6, 6.07) is 0. The Morgan fingerprint density at radius 1 is 0.833 bits per heavy atom. The van der Waals surface area contributed by atoms with Crippen molar-refractivity contribution in [2.24, 2.45) is 0 Å². The van der Waals surface area contributed by atoms with Crippen LogP contribution in [0.2, 0.25) is 0 Å². The Balaban J connectivity index is 0.00000121. The number of rotatable bonds is 0. The van der Waals surface area contributed by atoms with Crippen LogP contribution in [0.25, 0.3) is 0 Å². The number of esters is 2. The molecule has 0 bridgehead atoms. The van der Waals surface area contributed by atoms with E-state index < -0.39 is 11.9 Å². The average Bonchev–Trinajstić information content (AvgIpc) is 2.07. The maximum absolute atomic E-state index is 10.6. The normalized spacial score (nSPS) is 19.0. The molecule has 5 heteroatoms. The molecule has 12 heavy (non-hydrogen) atoms. The van der Waals surface area contributed by atoms with Gasteiger partial charge in [0, 0.05) is 0 Å². The van der Waals surface area contributed by atoms with E-state index in [0.29, 0.717) is 13.2 Å². The van der Waals surface area contributed by atoms with E-state index in [0.717, 1.165) is 19.3 Å². The van der Waals surface area contributed by atoms with Crippen molar-refractivity contribution in [3.63, 3.8) is 0 Å². The van der Waals surface area contributed by atoms with Gasteiger partial charge < -0.3 is 9.47 Å². The smallest absolute Gasteiger partial charge is 0.417 e. The van der Waals surface area contributed by atoms with Crippen molar-refractivity contribution in [3.05, 3.63) is 0 Å². The lowest BCUT2D eigenvalue weighted by Crippen LogP contribution is -2.19. The topological polar surface area (TPSA) is 52.6 Å².